The first-order valence-electron chi connectivity index (χ1n) is 15.9. The minimum Gasteiger partial charge on any atom is -0.507 e. The second-order valence-electron chi connectivity index (χ2n) is 12.5. The van der Waals surface area contributed by atoms with Crippen LogP contribution in [0.2, 0.25) is 0 Å². The molecule has 1 aliphatic rings. The molecular formula is C38H42N4O4. The Balaban J connectivity index is 1.11. The van der Waals surface area contributed by atoms with Crippen LogP contribution in [0, 0.1) is 19.8 Å². The summed E-state index contributed by atoms with van der Waals surface area (Å²) < 4.78 is 8.64. The number of carbonyl (C=O) groups excluding carboxylic acids is 1. The summed E-state index contributed by atoms with van der Waals surface area (Å²) in [5.41, 5.74) is 5.46. The predicted molar refractivity (Wildman–Crippen MR) is 184 cm³/mol. The number of piperazine rings is 1. The number of phenols is 2. The van der Waals surface area contributed by atoms with E-state index in [4.69, 9.17) is 4.74 Å². The molecule has 5 aromatic rings. The average Bonchev–Trinajstić information content (AvgIpc) is 3.27. The lowest BCUT2D eigenvalue weighted by Gasteiger charge is -2.34. The van der Waals surface area contributed by atoms with Crippen LogP contribution in [0.4, 0.5) is 5.69 Å². The molecule has 1 fully saturated rings. The molecule has 8 nitrogen and oxygen atoms in total. The van der Waals surface area contributed by atoms with Crippen LogP contribution >= 0.6 is 0 Å². The Labute approximate surface area is 270 Å². The van der Waals surface area contributed by atoms with E-state index in [0.29, 0.717) is 34.0 Å². The Morgan fingerprint density at radius 1 is 0.848 bits per heavy atom. The first-order chi connectivity index (χ1) is 22.2. The zero-order valence-corrected chi connectivity index (χ0v) is 27.0. The molecule has 1 aromatic heterocycles. The third-order valence-corrected chi connectivity index (χ3v) is 9.04. The Hall–Kier alpha value is -4.79. The highest BCUT2D eigenvalue weighted by Gasteiger charge is 2.19. The number of hydrogen-bond donors (Lipinski definition) is 3. The highest BCUT2D eigenvalue weighted by Crippen LogP contribution is 2.40. The molecule has 0 aliphatic carbocycles. The van der Waals surface area contributed by atoms with Gasteiger partial charge in [-0.25, -0.2) is 0 Å². The van der Waals surface area contributed by atoms with Gasteiger partial charge in [0.15, 0.2) is 0 Å². The second-order valence-corrected chi connectivity index (χ2v) is 12.5. The molecule has 4 aromatic carbocycles. The zero-order chi connectivity index (χ0) is 32.4. The van der Waals surface area contributed by atoms with Gasteiger partial charge in [-0.2, -0.15) is 0 Å². The van der Waals surface area contributed by atoms with Gasteiger partial charge in [0.05, 0.1) is 5.56 Å². The van der Waals surface area contributed by atoms with Crippen LogP contribution in [-0.2, 0) is 6.54 Å². The summed E-state index contributed by atoms with van der Waals surface area (Å²) in [5, 5.41) is 25.1. The van der Waals surface area contributed by atoms with Gasteiger partial charge < -0.3 is 34.6 Å². The highest BCUT2D eigenvalue weighted by molar-refractivity contribution is 6.04. The lowest BCUT2D eigenvalue weighted by molar-refractivity contribution is 0.102. The fraction of sp³-hybridized carbons (Fsp3) is 0.289. The van der Waals surface area contributed by atoms with Crippen molar-refractivity contribution in [2.75, 3.05) is 45.1 Å². The molecule has 0 saturated carbocycles. The number of nitrogens with zero attached hydrogens (tertiary/aromatic N) is 3. The number of anilines is 1. The van der Waals surface area contributed by atoms with Gasteiger partial charge in [0.1, 0.15) is 23.0 Å². The lowest BCUT2D eigenvalue weighted by Crippen LogP contribution is -2.46. The molecule has 1 atom stereocenters. The molecular weight excluding hydrogens is 576 g/mol. The Morgan fingerprint density at radius 3 is 2.17 bits per heavy atom. The Morgan fingerprint density at radius 2 is 1.50 bits per heavy atom. The van der Waals surface area contributed by atoms with Gasteiger partial charge in [0, 0.05) is 79.2 Å². The van der Waals surface area contributed by atoms with Crippen molar-refractivity contribution in [2.45, 2.75) is 27.3 Å². The summed E-state index contributed by atoms with van der Waals surface area (Å²) in [6.07, 6.45) is 0. The molecule has 2 heterocycles. The zero-order valence-electron chi connectivity index (χ0n) is 27.0. The molecule has 8 heteroatoms. The third kappa shape index (κ3) is 6.73. The monoisotopic (exact) mass is 618 g/mol. The number of fused-ring (bicyclic) bond motifs is 1. The Kier molecular flexibility index (Phi) is 9.01. The molecule has 0 spiro atoms. The number of likely N-dealkylation sites (N-methyl/N-ethyl adjacent to an activating group) is 1. The predicted octanol–water partition coefficient (Wildman–Crippen LogP) is 7.26. The van der Waals surface area contributed by atoms with Crippen molar-refractivity contribution in [2.24, 2.45) is 5.92 Å². The first-order valence-corrected chi connectivity index (χ1v) is 15.9. The standard InChI is InChI=1S/C38H42N4O4/c1-25(23-41-18-16-40(4)17-19-41)24-42-27(3)26(2)33-22-32(14-15-34(33)42)46-31-12-10-29(11-13-31)38(45)39-30-20-35(43)37(36(44)21-30)28-8-6-5-7-9-28/h5-15,20-22,25,43-44H,16-19,23-24H2,1-4H3,(H,39,45). The van der Waals surface area contributed by atoms with Crippen molar-refractivity contribution in [3.63, 3.8) is 0 Å². The number of rotatable bonds is 9. The lowest BCUT2D eigenvalue weighted by atomic mass is 10.0. The second kappa shape index (κ2) is 13.3. The first kappa shape index (κ1) is 31.2. The normalized spacial score (nSPS) is 14.8. The minimum absolute atomic E-state index is 0.122. The number of carbonyl (C=O) groups is 1. The molecule has 6 rings (SSSR count). The molecule has 1 unspecified atom stereocenters. The molecule has 46 heavy (non-hydrogen) atoms. The molecule has 0 radical (unpaired) electrons. The van der Waals surface area contributed by atoms with Gasteiger partial charge in [0.25, 0.3) is 5.91 Å². The summed E-state index contributed by atoms with van der Waals surface area (Å²) in [6, 6.07) is 25.1. The van der Waals surface area contributed by atoms with E-state index < -0.39 is 0 Å². The molecule has 238 valence electrons. The quantitative estimate of drug-likeness (QED) is 0.161. The number of aromatic hydroxyl groups is 2. The van der Waals surface area contributed by atoms with Crippen LogP contribution in [0.5, 0.6) is 23.0 Å². The number of benzene rings is 4. The smallest absolute Gasteiger partial charge is 0.255 e. The van der Waals surface area contributed by atoms with E-state index in [9.17, 15) is 15.0 Å². The van der Waals surface area contributed by atoms with E-state index in [2.05, 4.69) is 59.6 Å². The molecule has 3 N–H and O–H groups in total. The summed E-state index contributed by atoms with van der Waals surface area (Å²) in [5.74, 6) is 1.28. The fourth-order valence-corrected chi connectivity index (χ4v) is 6.37. The van der Waals surface area contributed by atoms with Crippen LogP contribution in [-0.4, -0.2) is 70.3 Å². The maximum Gasteiger partial charge on any atom is 0.255 e. The largest absolute Gasteiger partial charge is 0.507 e. The van der Waals surface area contributed by atoms with Gasteiger partial charge >= 0.3 is 0 Å². The highest BCUT2D eigenvalue weighted by atomic mass is 16.5. The van der Waals surface area contributed by atoms with E-state index in [0.717, 1.165) is 45.0 Å². The molecule has 1 amide bonds. The average molecular weight is 619 g/mol. The van der Waals surface area contributed by atoms with Crippen molar-refractivity contribution in [1.82, 2.24) is 14.4 Å². The van der Waals surface area contributed by atoms with Crippen LogP contribution in [0.25, 0.3) is 22.0 Å². The van der Waals surface area contributed by atoms with E-state index in [1.807, 2.05) is 24.3 Å². The number of nitrogens with one attached hydrogen (secondary N) is 1. The van der Waals surface area contributed by atoms with E-state index in [1.54, 1.807) is 36.4 Å². The molecule has 1 saturated heterocycles. The van der Waals surface area contributed by atoms with Gasteiger partial charge in [-0.15, -0.1) is 0 Å². The van der Waals surface area contributed by atoms with E-state index in [1.165, 1.54) is 34.3 Å². The number of ether oxygens (including phenoxy) is 1. The topological polar surface area (TPSA) is 90.2 Å². The fourth-order valence-electron chi connectivity index (χ4n) is 6.37. The molecule has 0 bridgehead atoms. The van der Waals surface area contributed by atoms with Crippen LogP contribution < -0.4 is 10.1 Å². The Bertz CT molecular complexity index is 1820. The van der Waals surface area contributed by atoms with Crippen LogP contribution in [0.3, 0.4) is 0 Å². The van der Waals surface area contributed by atoms with Crippen molar-refractivity contribution >= 4 is 22.5 Å². The third-order valence-electron chi connectivity index (χ3n) is 9.04. The van der Waals surface area contributed by atoms with Gasteiger partial charge in [0.2, 0.25) is 0 Å². The maximum absolute atomic E-state index is 13.0. The number of aryl methyl sites for hydroxylation is 1. The maximum atomic E-state index is 13.0. The van der Waals surface area contributed by atoms with Gasteiger partial charge in [-0.1, -0.05) is 37.3 Å². The van der Waals surface area contributed by atoms with Gasteiger partial charge in [-0.05, 0) is 80.4 Å². The minimum atomic E-state index is -0.367. The molecule has 1 aliphatic heterocycles. The number of amides is 1. The van der Waals surface area contributed by atoms with E-state index >= 15 is 0 Å². The van der Waals surface area contributed by atoms with Crippen molar-refractivity contribution in [3.8, 4) is 34.1 Å². The summed E-state index contributed by atoms with van der Waals surface area (Å²) >= 11 is 0. The van der Waals surface area contributed by atoms with Crippen molar-refractivity contribution in [1.29, 1.82) is 0 Å². The van der Waals surface area contributed by atoms with Crippen LogP contribution in [0.1, 0.15) is 28.5 Å². The number of hydrogen-bond acceptors (Lipinski definition) is 6. The number of aromatic nitrogens is 1. The summed E-state index contributed by atoms with van der Waals surface area (Å²) in [4.78, 5) is 17.9. The van der Waals surface area contributed by atoms with Crippen LogP contribution in [0.15, 0.2) is 84.9 Å². The summed E-state index contributed by atoms with van der Waals surface area (Å²) in [7, 11) is 2.19. The summed E-state index contributed by atoms with van der Waals surface area (Å²) in [6.45, 7) is 13.3. The SMILES string of the molecule is Cc1c(C)n(CC(C)CN2CCN(C)CC2)c2ccc(Oc3ccc(C(=O)Nc4cc(O)c(-c5ccccc5)c(O)c4)cc3)cc12. The number of phenolic OH excluding ortho intramolecular Hbond substituents is 2. The van der Waals surface area contributed by atoms with Crippen molar-refractivity contribution in [3.05, 3.63) is 102 Å². The van der Waals surface area contributed by atoms with Crippen molar-refractivity contribution < 1.29 is 19.7 Å². The van der Waals surface area contributed by atoms with Gasteiger partial charge in [-0.3, -0.25) is 4.79 Å². The van der Waals surface area contributed by atoms with E-state index in [-0.39, 0.29) is 17.4 Å².